The summed E-state index contributed by atoms with van der Waals surface area (Å²) in [7, 11) is -2.16. The molecule has 0 radical (unpaired) electrons. The smallest absolute Gasteiger partial charge is 0.410 e. The Balaban J connectivity index is 1.40. The molecule has 1 fully saturated rings. The van der Waals surface area contributed by atoms with E-state index in [4.69, 9.17) is 4.74 Å². The first-order valence-corrected chi connectivity index (χ1v) is 16.2. The number of aliphatic hydroxyl groups is 1. The number of aliphatic hydroxyl groups excluding tert-OH is 1. The second-order valence-corrected chi connectivity index (χ2v) is 13.2. The Morgan fingerprint density at radius 1 is 1.00 bits per heavy atom. The maximum Gasteiger partial charge on any atom is 0.410 e. The third kappa shape index (κ3) is 8.32. The first-order chi connectivity index (χ1) is 20.8. The number of benzene rings is 3. The molecule has 0 aliphatic carbocycles. The Labute approximate surface area is 256 Å². The number of likely N-dealkylation sites (tertiary alicyclic amines) is 1. The van der Waals surface area contributed by atoms with Crippen LogP contribution in [-0.4, -0.2) is 86.1 Å². The molecule has 43 heavy (non-hydrogen) atoms. The van der Waals surface area contributed by atoms with Gasteiger partial charge in [-0.1, -0.05) is 84.9 Å². The molecule has 1 atom stereocenters. The van der Waals surface area contributed by atoms with Crippen molar-refractivity contribution in [3.63, 3.8) is 0 Å². The van der Waals surface area contributed by atoms with Crippen LogP contribution in [-0.2, 0) is 26.8 Å². The average Bonchev–Trinajstić information content (AvgIpc) is 3.06. The van der Waals surface area contributed by atoms with Gasteiger partial charge in [-0.15, -0.1) is 6.58 Å². The molecule has 3 aromatic carbocycles. The molecule has 1 heterocycles. The Kier molecular flexibility index (Phi) is 11.5. The summed E-state index contributed by atoms with van der Waals surface area (Å²) in [5.41, 5.74) is 1.06. The zero-order chi connectivity index (χ0) is 30.7. The van der Waals surface area contributed by atoms with Crippen molar-refractivity contribution < 1.29 is 23.1 Å². The van der Waals surface area contributed by atoms with Crippen LogP contribution < -0.4 is 0 Å². The van der Waals surface area contributed by atoms with E-state index in [-0.39, 0.29) is 36.8 Å². The topological polar surface area (TPSA) is 90.4 Å². The molecule has 4 rings (SSSR count). The number of carbonyl (C=O) groups excluding carboxylic acids is 1. The van der Waals surface area contributed by atoms with Gasteiger partial charge in [-0.05, 0) is 49.1 Å². The van der Waals surface area contributed by atoms with Crippen molar-refractivity contribution in [3.8, 4) is 0 Å². The van der Waals surface area contributed by atoms with E-state index in [0.717, 1.165) is 37.1 Å². The van der Waals surface area contributed by atoms with Crippen LogP contribution in [0.4, 0.5) is 4.79 Å². The summed E-state index contributed by atoms with van der Waals surface area (Å²) in [4.78, 5) is 17.3. The highest BCUT2D eigenvalue weighted by atomic mass is 32.2. The predicted molar refractivity (Wildman–Crippen MR) is 169 cm³/mol. The van der Waals surface area contributed by atoms with Crippen LogP contribution in [0.1, 0.15) is 30.4 Å². The Bertz CT molecular complexity index is 1400. The van der Waals surface area contributed by atoms with Gasteiger partial charge in [0.05, 0.1) is 11.5 Å². The molecule has 3 aromatic rings. The van der Waals surface area contributed by atoms with Gasteiger partial charge in [-0.3, -0.25) is 0 Å². The van der Waals surface area contributed by atoms with E-state index in [9.17, 15) is 18.3 Å². The number of hydrogen-bond donors (Lipinski definition) is 1. The molecule has 1 aliphatic rings. The molecule has 0 bridgehead atoms. The summed E-state index contributed by atoms with van der Waals surface area (Å²) >= 11 is 0. The number of sulfonamides is 1. The number of ether oxygens (including phenoxy) is 1. The summed E-state index contributed by atoms with van der Waals surface area (Å²) in [6, 6.07) is 27.7. The van der Waals surface area contributed by atoms with Crippen LogP contribution in [0.3, 0.4) is 0 Å². The highest BCUT2D eigenvalue weighted by Gasteiger charge is 2.37. The number of rotatable bonds is 14. The lowest BCUT2D eigenvalue weighted by atomic mass is 9.77. The minimum Gasteiger partial charge on any atom is -0.445 e. The molecule has 0 aromatic heterocycles. The van der Waals surface area contributed by atoms with Crippen molar-refractivity contribution in [1.29, 1.82) is 0 Å². The lowest BCUT2D eigenvalue weighted by Gasteiger charge is -2.40. The van der Waals surface area contributed by atoms with Crippen molar-refractivity contribution in [3.05, 3.63) is 115 Å². The molecule has 1 amide bonds. The summed E-state index contributed by atoms with van der Waals surface area (Å²) in [5.74, 6) is 0. The number of piperidine rings is 1. The van der Waals surface area contributed by atoms with Crippen LogP contribution in [0, 0.1) is 0 Å². The molecule has 1 saturated heterocycles. The molecule has 0 saturated carbocycles. The number of nitrogens with zero attached hydrogens (tertiary/aromatic N) is 3. The van der Waals surface area contributed by atoms with E-state index in [1.54, 1.807) is 48.4 Å². The van der Waals surface area contributed by atoms with Crippen LogP contribution in [0.15, 0.2) is 109 Å². The molecule has 1 aliphatic heterocycles. The van der Waals surface area contributed by atoms with Gasteiger partial charge in [0.1, 0.15) is 6.61 Å². The van der Waals surface area contributed by atoms with Gasteiger partial charge in [0.2, 0.25) is 10.0 Å². The second kappa shape index (κ2) is 15.3. The molecular weight excluding hydrogens is 562 g/mol. The highest BCUT2D eigenvalue weighted by molar-refractivity contribution is 7.89. The van der Waals surface area contributed by atoms with Crippen molar-refractivity contribution in [2.24, 2.45) is 0 Å². The van der Waals surface area contributed by atoms with E-state index in [1.165, 1.54) is 4.31 Å². The fourth-order valence-corrected chi connectivity index (χ4v) is 7.03. The van der Waals surface area contributed by atoms with Crippen molar-refractivity contribution in [2.75, 3.05) is 46.4 Å². The van der Waals surface area contributed by atoms with Crippen molar-refractivity contribution in [1.82, 2.24) is 14.1 Å². The maximum absolute atomic E-state index is 13.4. The van der Waals surface area contributed by atoms with Gasteiger partial charge in [-0.2, -0.15) is 4.31 Å². The second-order valence-electron chi connectivity index (χ2n) is 11.2. The maximum atomic E-state index is 13.4. The van der Waals surface area contributed by atoms with Crippen LogP contribution in [0.25, 0.3) is 0 Å². The molecular formula is C34H43N3O5S. The van der Waals surface area contributed by atoms with E-state index in [2.05, 4.69) is 11.5 Å². The van der Waals surface area contributed by atoms with Gasteiger partial charge in [0, 0.05) is 44.7 Å². The fourth-order valence-electron chi connectivity index (χ4n) is 5.75. The normalized spacial score (nSPS) is 16.0. The first-order valence-electron chi connectivity index (χ1n) is 14.8. The van der Waals surface area contributed by atoms with Gasteiger partial charge in [0.25, 0.3) is 0 Å². The van der Waals surface area contributed by atoms with Gasteiger partial charge in [-0.25, -0.2) is 13.2 Å². The van der Waals surface area contributed by atoms with Crippen molar-refractivity contribution in [2.45, 2.75) is 42.2 Å². The number of amides is 1. The number of likely N-dealkylation sites (N-methyl/N-ethyl adjacent to an activating group) is 1. The van der Waals surface area contributed by atoms with Crippen LogP contribution >= 0.6 is 0 Å². The lowest BCUT2D eigenvalue weighted by Crippen LogP contribution is -2.50. The van der Waals surface area contributed by atoms with E-state index in [0.29, 0.717) is 19.5 Å². The number of hydrogen-bond acceptors (Lipinski definition) is 6. The molecule has 230 valence electrons. The largest absolute Gasteiger partial charge is 0.445 e. The lowest BCUT2D eigenvalue weighted by molar-refractivity contribution is 0.0628. The summed E-state index contributed by atoms with van der Waals surface area (Å²) in [6.45, 7) is 6.66. The predicted octanol–water partition coefficient (Wildman–Crippen LogP) is 4.92. The average molecular weight is 606 g/mol. The minimum absolute atomic E-state index is 0.0383. The van der Waals surface area contributed by atoms with Crippen molar-refractivity contribution >= 4 is 16.1 Å². The highest BCUT2D eigenvalue weighted by Crippen LogP contribution is 2.32. The molecule has 1 N–H and O–H groups in total. The minimum atomic E-state index is -3.74. The Morgan fingerprint density at radius 2 is 1.58 bits per heavy atom. The summed E-state index contributed by atoms with van der Waals surface area (Å²) in [5, 5.41) is 10.8. The molecule has 8 nitrogen and oxygen atoms in total. The molecule has 9 heteroatoms. The quantitative estimate of drug-likeness (QED) is 0.263. The SMILES string of the molecule is C=CCN(C(=O)OCc1ccccc1)C1CCN(CC[C@](CO)(CN(C)S(=O)(=O)c2ccccc2)c2ccccc2)CC1. The number of carbonyl (C=O) groups is 1. The van der Waals surface area contributed by atoms with Gasteiger partial charge < -0.3 is 19.6 Å². The zero-order valence-corrected chi connectivity index (χ0v) is 25.7. The Hall–Kier alpha value is -3.50. The summed E-state index contributed by atoms with van der Waals surface area (Å²) < 4.78 is 33.7. The van der Waals surface area contributed by atoms with E-state index >= 15 is 0 Å². The van der Waals surface area contributed by atoms with Gasteiger partial charge in [0.15, 0.2) is 0 Å². The third-order valence-electron chi connectivity index (χ3n) is 8.34. The summed E-state index contributed by atoms with van der Waals surface area (Å²) in [6.07, 6.45) is 3.53. The zero-order valence-electron chi connectivity index (χ0n) is 24.9. The van der Waals surface area contributed by atoms with Crippen LogP contribution in [0.5, 0.6) is 0 Å². The van der Waals surface area contributed by atoms with E-state index in [1.807, 2.05) is 60.7 Å². The van der Waals surface area contributed by atoms with Gasteiger partial charge >= 0.3 is 6.09 Å². The first kappa shape index (κ1) is 32.4. The Morgan fingerprint density at radius 3 is 2.16 bits per heavy atom. The van der Waals surface area contributed by atoms with E-state index < -0.39 is 15.4 Å². The monoisotopic (exact) mass is 605 g/mol. The van der Waals surface area contributed by atoms with Crippen LogP contribution in [0.2, 0.25) is 0 Å². The third-order valence-corrected chi connectivity index (χ3v) is 10.2. The molecule has 0 spiro atoms. The standard InChI is InChI=1S/C34H43N3O5S/c1-3-22-37(33(39)42-26-29-13-7-4-8-14-29)31-19-23-36(24-20-31)25-21-34(28-38,30-15-9-5-10-16-30)27-35(2)43(40,41)32-17-11-6-12-18-32/h3-18,31,38H,1,19-28H2,2H3/t34-/m1/s1. The fraction of sp³-hybridized carbons (Fsp3) is 0.382. The molecule has 0 unspecified atom stereocenters.